The third kappa shape index (κ3) is 0.971. The van der Waals surface area contributed by atoms with Crippen molar-refractivity contribution in [1.82, 2.24) is 9.78 Å². The molecule has 0 spiro atoms. The number of hydrogen-bond donors (Lipinski definition) is 2. The summed E-state index contributed by atoms with van der Waals surface area (Å²) in [6.07, 6.45) is 0. The molecule has 0 radical (unpaired) electrons. The number of nitrogens with two attached hydrogens (primary N) is 1. The molecule has 0 aromatic carbocycles. The van der Waals surface area contributed by atoms with Gasteiger partial charge in [0, 0.05) is 7.05 Å². The normalized spacial score (nSPS) is 9.33. The molecule has 0 saturated heterocycles. The second-order valence-electron chi connectivity index (χ2n) is 2.15. The van der Waals surface area contributed by atoms with E-state index in [0.717, 1.165) is 4.68 Å². The van der Waals surface area contributed by atoms with Crippen LogP contribution in [-0.4, -0.2) is 20.9 Å². The zero-order valence-electron chi connectivity index (χ0n) is 6.27. The van der Waals surface area contributed by atoms with Crippen LogP contribution in [-0.2, 0) is 7.05 Å². The Labute approximate surface area is 67.8 Å². The van der Waals surface area contributed by atoms with Crippen LogP contribution in [0, 0.1) is 11.3 Å². The first-order valence-electron chi connectivity index (χ1n) is 3.03. The molecule has 6 heteroatoms. The van der Waals surface area contributed by atoms with E-state index in [9.17, 15) is 4.79 Å². The Morgan fingerprint density at radius 2 is 2.42 bits per heavy atom. The summed E-state index contributed by atoms with van der Waals surface area (Å²) in [5, 5.41) is 20.7. The molecular weight excluding hydrogens is 160 g/mol. The second kappa shape index (κ2) is 2.54. The average molecular weight is 166 g/mol. The van der Waals surface area contributed by atoms with E-state index < -0.39 is 5.97 Å². The van der Waals surface area contributed by atoms with Crippen molar-refractivity contribution >= 4 is 11.8 Å². The van der Waals surface area contributed by atoms with Crippen LogP contribution in [0.5, 0.6) is 0 Å². The number of carboxylic acids is 1. The van der Waals surface area contributed by atoms with E-state index in [1.165, 1.54) is 7.05 Å². The Bertz CT molecular complexity index is 374. The molecule has 1 rings (SSSR count). The zero-order chi connectivity index (χ0) is 9.30. The Balaban J connectivity index is 3.45. The van der Waals surface area contributed by atoms with Gasteiger partial charge in [-0.25, -0.2) is 4.79 Å². The number of nitriles is 1. The standard InChI is InChI=1S/C6H6N4O2/c1-10-4(6(11)12)3(2-7)5(8)9-10/h1H3,(H2,8,9)(H,11,12). The first kappa shape index (κ1) is 8.07. The van der Waals surface area contributed by atoms with Gasteiger partial charge in [-0.05, 0) is 0 Å². The molecule has 0 atom stereocenters. The van der Waals surface area contributed by atoms with Crippen molar-refractivity contribution in [3.8, 4) is 6.07 Å². The minimum absolute atomic E-state index is 0.0580. The van der Waals surface area contributed by atoms with E-state index in [0.29, 0.717) is 0 Å². The Morgan fingerprint density at radius 3 is 2.75 bits per heavy atom. The largest absolute Gasteiger partial charge is 0.476 e. The zero-order valence-corrected chi connectivity index (χ0v) is 6.27. The summed E-state index contributed by atoms with van der Waals surface area (Å²) in [6, 6.07) is 1.68. The summed E-state index contributed by atoms with van der Waals surface area (Å²) in [7, 11) is 1.42. The van der Waals surface area contributed by atoms with Crippen molar-refractivity contribution in [2.45, 2.75) is 0 Å². The van der Waals surface area contributed by atoms with Gasteiger partial charge >= 0.3 is 5.97 Å². The third-order valence-corrected chi connectivity index (χ3v) is 1.39. The minimum Gasteiger partial charge on any atom is -0.476 e. The Kier molecular flexibility index (Phi) is 1.71. The third-order valence-electron chi connectivity index (χ3n) is 1.39. The van der Waals surface area contributed by atoms with Crippen LogP contribution in [0.4, 0.5) is 5.82 Å². The van der Waals surface area contributed by atoms with E-state index in [1.807, 2.05) is 0 Å². The van der Waals surface area contributed by atoms with E-state index in [2.05, 4.69) is 5.10 Å². The van der Waals surface area contributed by atoms with Gasteiger partial charge in [-0.3, -0.25) is 4.68 Å². The molecule has 6 nitrogen and oxygen atoms in total. The lowest BCUT2D eigenvalue weighted by molar-refractivity contribution is 0.0684. The highest BCUT2D eigenvalue weighted by atomic mass is 16.4. The quantitative estimate of drug-likeness (QED) is 0.589. The monoisotopic (exact) mass is 166 g/mol. The van der Waals surface area contributed by atoms with Crippen molar-refractivity contribution in [2.24, 2.45) is 7.05 Å². The summed E-state index contributed by atoms with van der Waals surface area (Å²) in [4.78, 5) is 10.5. The number of nitrogens with zero attached hydrogens (tertiary/aromatic N) is 3. The van der Waals surface area contributed by atoms with E-state index in [1.54, 1.807) is 6.07 Å². The number of carbonyl (C=O) groups is 1. The topological polar surface area (TPSA) is 105 Å². The number of aryl methyl sites for hydroxylation is 1. The van der Waals surface area contributed by atoms with E-state index in [4.69, 9.17) is 16.1 Å². The van der Waals surface area contributed by atoms with E-state index in [-0.39, 0.29) is 17.1 Å². The fourth-order valence-electron chi connectivity index (χ4n) is 0.900. The molecule has 1 heterocycles. The number of anilines is 1. The fraction of sp³-hybridized carbons (Fsp3) is 0.167. The highest BCUT2D eigenvalue weighted by Crippen LogP contribution is 2.13. The maximum absolute atomic E-state index is 10.5. The van der Waals surface area contributed by atoms with Crippen molar-refractivity contribution in [3.05, 3.63) is 11.3 Å². The van der Waals surface area contributed by atoms with Gasteiger partial charge in [0.05, 0.1) is 0 Å². The van der Waals surface area contributed by atoms with Crippen molar-refractivity contribution in [3.63, 3.8) is 0 Å². The van der Waals surface area contributed by atoms with Crippen LogP contribution >= 0.6 is 0 Å². The van der Waals surface area contributed by atoms with Crippen LogP contribution in [0.1, 0.15) is 16.1 Å². The van der Waals surface area contributed by atoms with Gasteiger partial charge in [0.1, 0.15) is 11.6 Å². The SMILES string of the molecule is Cn1nc(N)c(C#N)c1C(=O)O. The molecular formula is C6H6N4O2. The van der Waals surface area contributed by atoms with Gasteiger partial charge < -0.3 is 10.8 Å². The number of rotatable bonds is 1. The predicted molar refractivity (Wildman–Crippen MR) is 39.3 cm³/mol. The van der Waals surface area contributed by atoms with Gasteiger partial charge in [-0.1, -0.05) is 0 Å². The molecule has 0 unspecified atom stereocenters. The van der Waals surface area contributed by atoms with Crippen molar-refractivity contribution in [1.29, 1.82) is 5.26 Å². The first-order chi connectivity index (χ1) is 5.57. The number of hydrogen-bond acceptors (Lipinski definition) is 4. The van der Waals surface area contributed by atoms with Crippen molar-refractivity contribution < 1.29 is 9.90 Å². The molecule has 0 fully saturated rings. The summed E-state index contributed by atoms with van der Waals surface area (Å²) in [6.45, 7) is 0. The van der Waals surface area contributed by atoms with Crippen LogP contribution in [0.3, 0.4) is 0 Å². The molecule has 62 valence electrons. The maximum atomic E-state index is 10.5. The molecule has 3 N–H and O–H groups in total. The number of aromatic nitrogens is 2. The molecule has 0 saturated carbocycles. The molecule has 0 amide bonds. The smallest absolute Gasteiger partial charge is 0.355 e. The summed E-state index contributed by atoms with van der Waals surface area (Å²) in [5.41, 5.74) is 4.99. The Hall–Kier alpha value is -2.03. The molecule has 1 aromatic rings. The molecule has 0 bridgehead atoms. The highest BCUT2D eigenvalue weighted by molar-refractivity contribution is 5.90. The second-order valence-corrected chi connectivity index (χ2v) is 2.15. The van der Waals surface area contributed by atoms with Gasteiger partial charge in [-0.2, -0.15) is 10.4 Å². The highest BCUT2D eigenvalue weighted by Gasteiger charge is 2.19. The number of aromatic carboxylic acids is 1. The molecule has 0 aliphatic carbocycles. The number of nitrogen functional groups attached to an aromatic ring is 1. The van der Waals surface area contributed by atoms with Crippen molar-refractivity contribution in [2.75, 3.05) is 5.73 Å². The van der Waals surface area contributed by atoms with Gasteiger partial charge in [-0.15, -0.1) is 0 Å². The van der Waals surface area contributed by atoms with Gasteiger partial charge in [0.25, 0.3) is 0 Å². The summed E-state index contributed by atoms with van der Waals surface area (Å²) >= 11 is 0. The van der Waals surface area contributed by atoms with Crippen LogP contribution < -0.4 is 5.73 Å². The minimum atomic E-state index is -1.21. The van der Waals surface area contributed by atoms with Gasteiger partial charge in [0.15, 0.2) is 11.5 Å². The van der Waals surface area contributed by atoms with Crippen LogP contribution in [0.2, 0.25) is 0 Å². The maximum Gasteiger partial charge on any atom is 0.355 e. The predicted octanol–water partition coefficient (Wildman–Crippen LogP) is -0.428. The van der Waals surface area contributed by atoms with Crippen LogP contribution in [0.15, 0.2) is 0 Å². The molecule has 1 aromatic heterocycles. The number of carboxylic acid groups (broad SMARTS) is 1. The average Bonchev–Trinajstić information content (AvgIpc) is 2.24. The Morgan fingerprint density at radius 1 is 1.83 bits per heavy atom. The first-order valence-corrected chi connectivity index (χ1v) is 3.03. The molecule has 0 aliphatic heterocycles. The summed E-state index contributed by atoms with van der Waals surface area (Å²) < 4.78 is 1.07. The molecule has 12 heavy (non-hydrogen) atoms. The lowest BCUT2D eigenvalue weighted by atomic mass is 10.2. The van der Waals surface area contributed by atoms with Gasteiger partial charge in [0.2, 0.25) is 0 Å². The lowest BCUT2D eigenvalue weighted by Crippen LogP contribution is -2.06. The fourth-order valence-corrected chi connectivity index (χ4v) is 0.900. The molecule has 0 aliphatic rings. The van der Waals surface area contributed by atoms with Crippen LogP contribution in [0.25, 0.3) is 0 Å². The van der Waals surface area contributed by atoms with E-state index >= 15 is 0 Å². The lowest BCUT2D eigenvalue weighted by Gasteiger charge is -1.92. The summed E-state index contributed by atoms with van der Waals surface area (Å²) in [5.74, 6) is -1.27.